The van der Waals surface area contributed by atoms with Gasteiger partial charge < -0.3 is 4.74 Å². The Morgan fingerprint density at radius 1 is 0.909 bits per heavy atom. The Morgan fingerprint density at radius 3 is 2.18 bits per heavy atom. The van der Waals surface area contributed by atoms with Gasteiger partial charge in [-0.3, -0.25) is 0 Å². The SMILES string of the molecule is O=S(=O)(Cc1ccccc1)c1ccc(OC2CCCC2)cc1. The van der Waals surface area contributed by atoms with Crippen molar-refractivity contribution in [2.45, 2.75) is 42.4 Å². The summed E-state index contributed by atoms with van der Waals surface area (Å²) < 4.78 is 30.7. The lowest BCUT2D eigenvalue weighted by atomic mass is 10.2. The van der Waals surface area contributed by atoms with E-state index in [-0.39, 0.29) is 11.9 Å². The first-order valence-electron chi connectivity index (χ1n) is 7.67. The van der Waals surface area contributed by atoms with E-state index >= 15 is 0 Å². The van der Waals surface area contributed by atoms with Crippen LogP contribution in [0.1, 0.15) is 31.2 Å². The zero-order chi connectivity index (χ0) is 15.4. The fourth-order valence-corrected chi connectivity index (χ4v) is 4.15. The molecule has 0 atom stereocenters. The van der Waals surface area contributed by atoms with Gasteiger partial charge in [-0.05, 0) is 55.5 Å². The molecule has 0 aliphatic heterocycles. The highest BCUT2D eigenvalue weighted by Crippen LogP contribution is 2.25. The molecule has 2 aromatic rings. The molecule has 1 saturated carbocycles. The van der Waals surface area contributed by atoms with Gasteiger partial charge in [-0.1, -0.05) is 30.3 Å². The van der Waals surface area contributed by atoms with Crippen LogP contribution in [-0.2, 0) is 15.6 Å². The van der Waals surface area contributed by atoms with Gasteiger partial charge in [-0.2, -0.15) is 0 Å². The van der Waals surface area contributed by atoms with Crippen molar-refractivity contribution in [3.8, 4) is 5.75 Å². The van der Waals surface area contributed by atoms with E-state index in [2.05, 4.69) is 0 Å². The molecule has 0 heterocycles. The quantitative estimate of drug-likeness (QED) is 0.838. The lowest BCUT2D eigenvalue weighted by Crippen LogP contribution is -2.11. The highest BCUT2D eigenvalue weighted by Gasteiger charge is 2.18. The van der Waals surface area contributed by atoms with Crippen LogP contribution in [0.2, 0.25) is 0 Å². The second kappa shape index (κ2) is 6.53. The summed E-state index contributed by atoms with van der Waals surface area (Å²) in [5.74, 6) is 0.780. The van der Waals surface area contributed by atoms with E-state index in [1.807, 2.05) is 30.3 Å². The summed E-state index contributed by atoms with van der Waals surface area (Å²) in [4.78, 5) is 0.343. The van der Waals surface area contributed by atoms with Crippen LogP contribution in [0.25, 0.3) is 0 Å². The van der Waals surface area contributed by atoms with Crippen molar-refractivity contribution in [1.82, 2.24) is 0 Å². The van der Waals surface area contributed by atoms with Gasteiger partial charge in [0.15, 0.2) is 9.84 Å². The van der Waals surface area contributed by atoms with Gasteiger partial charge in [-0.25, -0.2) is 8.42 Å². The minimum absolute atomic E-state index is 0.0245. The second-order valence-electron chi connectivity index (χ2n) is 5.74. The molecule has 0 radical (unpaired) electrons. The zero-order valence-corrected chi connectivity index (χ0v) is 13.3. The maximum atomic E-state index is 12.4. The van der Waals surface area contributed by atoms with Crippen molar-refractivity contribution in [3.05, 3.63) is 60.2 Å². The molecule has 0 spiro atoms. The van der Waals surface area contributed by atoms with Crippen molar-refractivity contribution in [2.75, 3.05) is 0 Å². The van der Waals surface area contributed by atoms with Gasteiger partial charge >= 0.3 is 0 Å². The number of sulfone groups is 1. The van der Waals surface area contributed by atoms with Crippen LogP contribution >= 0.6 is 0 Å². The minimum atomic E-state index is -3.31. The van der Waals surface area contributed by atoms with Gasteiger partial charge in [-0.15, -0.1) is 0 Å². The van der Waals surface area contributed by atoms with E-state index in [9.17, 15) is 8.42 Å². The molecule has 2 aromatic carbocycles. The fraction of sp³-hybridized carbons (Fsp3) is 0.333. The Morgan fingerprint density at radius 2 is 1.55 bits per heavy atom. The molecule has 0 aromatic heterocycles. The molecule has 22 heavy (non-hydrogen) atoms. The predicted octanol–water partition coefficient (Wildman–Crippen LogP) is 3.98. The first kappa shape index (κ1) is 15.1. The summed E-state index contributed by atoms with van der Waals surface area (Å²) in [6.07, 6.45) is 4.90. The third kappa shape index (κ3) is 3.69. The van der Waals surface area contributed by atoms with E-state index < -0.39 is 9.84 Å². The summed E-state index contributed by atoms with van der Waals surface area (Å²) in [6.45, 7) is 0. The number of benzene rings is 2. The standard InChI is InChI=1S/C18H20O3S/c19-22(20,14-15-6-2-1-3-7-15)18-12-10-17(11-13-18)21-16-8-4-5-9-16/h1-3,6-7,10-13,16H,4-5,8-9,14H2. The molecule has 4 heteroatoms. The van der Waals surface area contributed by atoms with Gasteiger partial charge in [0.05, 0.1) is 16.8 Å². The zero-order valence-electron chi connectivity index (χ0n) is 12.4. The summed E-state index contributed by atoms with van der Waals surface area (Å²) >= 11 is 0. The highest BCUT2D eigenvalue weighted by atomic mass is 32.2. The summed E-state index contributed by atoms with van der Waals surface area (Å²) in [5.41, 5.74) is 0.800. The Balaban J connectivity index is 1.71. The molecule has 0 amide bonds. The van der Waals surface area contributed by atoms with Crippen molar-refractivity contribution < 1.29 is 13.2 Å². The monoisotopic (exact) mass is 316 g/mol. The molecule has 0 N–H and O–H groups in total. The van der Waals surface area contributed by atoms with E-state index in [1.54, 1.807) is 24.3 Å². The van der Waals surface area contributed by atoms with E-state index in [0.29, 0.717) is 4.90 Å². The summed E-state index contributed by atoms with van der Waals surface area (Å²) in [7, 11) is -3.31. The van der Waals surface area contributed by atoms with Gasteiger partial charge in [0.2, 0.25) is 0 Å². The van der Waals surface area contributed by atoms with Gasteiger partial charge in [0.1, 0.15) is 5.75 Å². The lowest BCUT2D eigenvalue weighted by molar-refractivity contribution is 0.210. The van der Waals surface area contributed by atoms with Crippen molar-refractivity contribution in [2.24, 2.45) is 0 Å². The van der Waals surface area contributed by atoms with Crippen molar-refractivity contribution in [3.63, 3.8) is 0 Å². The third-order valence-corrected chi connectivity index (χ3v) is 5.69. The first-order chi connectivity index (χ1) is 10.6. The topological polar surface area (TPSA) is 43.4 Å². The predicted molar refractivity (Wildman–Crippen MR) is 86.7 cm³/mol. The number of rotatable bonds is 5. The molecule has 0 unspecified atom stereocenters. The Kier molecular flexibility index (Phi) is 4.48. The lowest BCUT2D eigenvalue weighted by Gasteiger charge is -2.13. The maximum absolute atomic E-state index is 12.4. The Hall–Kier alpha value is -1.81. The molecule has 1 aliphatic rings. The molecule has 0 bridgehead atoms. The third-order valence-electron chi connectivity index (χ3n) is 3.99. The van der Waals surface area contributed by atoms with Crippen LogP contribution in [0, 0.1) is 0 Å². The Bertz CT molecular complexity index is 700. The smallest absolute Gasteiger partial charge is 0.182 e. The fourth-order valence-electron chi connectivity index (χ4n) is 2.80. The maximum Gasteiger partial charge on any atom is 0.182 e. The first-order valence-corrected chi connectivity index (χ1v) is 9.32. The molecular formula is C18H20O3S. The van der Waals surface area contributed by atoms with Crippen LogP contribution in [0.5, 0.6) is 5.75 Å². The van der Waals surface area contributed by atoms with Crippen LogP contribution in [0.3, 0.4) is 0 Å². The number of hydrogen-bond donors (Lipinski definition) is 0. The number of hydrogen-bond acceptors (Lipinski definition) is 3. The molecular weight excluding hydrogens is 296 g/mol. The second-order valence-corrected chi connectivity index (χ2v) is 7.73. The average Bonchev–Trinajstić information content (AvgIpc) is 3.01. The summed E-state index contributed by atoms with van der Waals surface area (Å²) in [5, 5.41) is 0. The Labute approximate surface area is 131 Å². The van der Waals surface area contributed by atoms with Crippen LogP contribution in [0.15, 0.2) is 59.5 Å². The molecule has 1 fully saturated rings. The average molecular weight is 316 g/mol. The van der Waals surface area contributed by atoms with Gasteiger partial charge in [0.25, 0.3) is 0 Å². The highest BCUT2D eigenvalue weighted by molar-refractivity contribution is 7.90. The molecule has 1 aliphatic carbocycles. The molecule has 3 rings (SSSR count). The normalized spacial score (nSPS) is 15.8. The summed E-state index contributed by atoms with van der Waals surface area (Å²) in [6, 6.07) is 16.0. The largest absolute Gasteiger partial charge is 0.490 e. The van der Waals surface area contributed by atoms with Crippen LogP contribution < -0.4 is 4.74 Å². The van der Waals surface area contributed by atoms with E-state index in [1.165, 1.54) is 12.8 Å². The molecule has 0 saturated heterocycles. The minimum Gasteiger partial charge on any atom is -0.490 e. The molecule has 116 valence electrons. The van der Waals surface area contributed by atoms with Gasteiger partial charge in [0, 0.05) is 0 Å². The van der Waals surface area contributed by atoms with Crippen molar-refractivity contribution in [1.29, 1.82) is 0 Å². The van der Waals surface area contributed by atoms with Crippen molar-refractivity contribution >= 4 is 9.84 Å². The number of ether oxygens (including phenoxy) is 1. The van der Waals surface area contributed by atoms with Crippen LogP contribution in [-0.4, -0.2) is 14.5 Å². The molecule has 3 nitrogen and oxygen atoms in total. The van der Waals surface area contributed by atoms with Crippen LogP contribution in [0.4, 0.5) is 0 Å². The van der Waals surface area contributed by atoms with E-state index in [4.69, 9.17) is 4.74 Å². The van der Waals surface area contributed by atoms with E-state index in [0.717, 1.165) is 24.2 Å².